The van der Waals surface area contributed by atoms with Crippen molar-refractivity contribution in [1.82, 2.24) is 9.88 Å². The summed E-state index contributed by atoms with van der Waals surface area (Å²) in [5.74, 6) is -1.28. The van der Waals surface area contributed by atoms with Crippen molar-refractivity contribution in [3.05, 3.63) is 51.4 Å². The molecule has 6 nitrogen and oxygen atoms in total. The Labute approximate surface area is 176 Å². The lowest BCUT2D eigenvalue weighted by molar-refractivity contribution is -0.155. The van der Waals surface area contributed by atoms with E-state index >= 15 is 0 Å². The van der Waals surface area contributed by atoms with Crippen molar-refractivity contribution in [1.29, 1.82) is 0 Å². The Kier molecular flexibility index (Phi) is 5.99. The third kappa shape index (κ3) is 4.52. The molecule has 0 amide bonds. The highest BCUT2D eigenvalue weighted by Gasteiger charge is 2.37. The van der Waals surface area contributed by atoms with Crippen LogP contribution in [0.25, 0.3) is 11.3 Å². The Hall–Kier alpha value is -2.37. The van der Waals surface area contributed by atoms with Gasteiger partial charge in [-0.15, -0.1) is 11.3 Å². The molecule has 0 atom stereocenters. The van der Waals surface area contributed by atoms with E-state index in [9.17, 15) is 21.6 Å². The van der Waals surface area contributed by atoms with E-state index in [0.717, 1.165) is 11.3 Å². The van der Waals surface area contributed by atoms with Crippen LogP contribution >= 0.6 is 11.3 Å². The molecular formula is C19H20F3N3O3S2. The summed E-state index contributed by atoms with van der Waals surface area (Å²) in [5, 5.41) is 3.46. The van der Waals surface area contributed by atoms with Crippen LogP contribution in [0.1, 0.15) is 21.1 Å². The maximum atomic E-state index is 13.0. The number of hydrogen-bond acceptors (Lipinski definition) is 6. The number of nitrogens with one attached hydrogen (secondary N) is 1. The SMILES string of the molecule is Cc1sc(C)c(S(=O)(=O)NCc2ccc(N(C)C)cc2)c1-c1cc(C(F)(F)F)on1. The van der Waals surface area contributed by atoms with Crippen molar-refractivity contribution in [3.63, 3.8) is 0 Å². The molecule has 1 N–H and O–H groups in total. The molecule has 11 heteroatoms. The Bertz CT molecular complexity index is 1150. The van der Waals surface area contributed by atoms with E-state index in [0.29, 0.717) is 15.8 Å². The number of aryl methyl sites for hydroxylation is 2. The third-order valence-electron chi connectivity index (χ3n) is 4.44. The second kappa shape index (κ2) is 8.05. The van der Waals surface area contributed by atoms with Crippen molar-refractivity contribution in [3.8, 4) is 11.3 Å². The molecule has 0 aliphatic heterocycles. The molecule has 0 unspecified atom stereocenters. The topological polar surface area (TPSA) is 75.4 Å². The summed E-state index contributed by atoms with van der Waals surface area (Å²) in [6, 6.07) is 8.05. The van der Waals surface area contributed by atoms with Crippen molar-refractivity contribution in [2.45, 2.75) is 31.5 Å². The predicted molar refractivity (Wildman–Crippen MR) is 109 cm³/mol. The minimum Gasteiger partial charge on any atom is -0.378 e. The first-order chi connectivity index (χ1) is 13.9. The number of halogens is 3. The molecule has 162 valence electrons. The van der Waals surface area contributed by atoms with Gasteiger partial charge in [-0.1, -0.05) is 17.3 Å². The zero-order chi connectivity index (χ0) is 22.3. The van der Waals surface area contributed by atoms with E-state index in [2.05, 4.69) is 14.4 Å². The average Bonchev–Trinajstić information content (AvgIpc) is 3.24. The fourth-order valence-corrected chi connectivity index (χ4v) is 5.86. The second-order valence-corrected chi connectivity index (χ2v) is 10.0. The van der Waals surface area contributed by atoms with Gasteiger partial charge in [0.15, 0.2) is 0 Å². The number of benzene rings is 1. The van der Waals surface area contributed by atoms with Gasteiger partial charge in [-0.05, 0) is 31.5 Å². The molecule has 0 aliphatic carbocycles. The number of rotatable bonds is 6. The number of thiophene rings is 1. The Morgan fingerprint density at radius 1 is 1.13 bits per heavy atom. The first-order valence-corrected chi connectivity index (χ1v) is 11.1. The minimum atomic E-state index is -4.71. The Morgan fingerprint density at radius 3 is 2.30 bits per heavy atom. The fourth-order valence-electron chi connectivity index (χ4n) is 2.97. The van der Waals surface area contributed by atoms with E-state index in [1.54, 1.807) is 26.0 Å². The fraction of sp³-hybridized carbons (Fsp3) is 0.316. The molecule has 30 heavy (non-hydrogen) atoms. The maximum Gasteiger partial charge on any atom is 0.452 e. The van der Waals surface area contributed by atoms with Crippen LogP contribution in [0, 0.1) is 13.8 Å². The zero-order valence-corrected chi connectivity index (χ0v) is 18.3. The molecule has 0 radical (unpaired) electrons. The number of aromatic nitrogens is 1. The average molecular weight is 460 g/mol. The van der Waals surface area contributed by atoms with Gasteiger partial charge in [-0.2, -0.15) is 13.2 Å². The monoisotopic (exact) mass is 459 g/mol. The van der Waals surface area contributed by atoms with Crippen LogP contribution < -0.4 is 9.62 Å². The van der Waals surface area contributed by atoms with Gasteiger partial charge in [0, 0.05) is 47.7 Å². The van der Waals surface area contributed by atoms with Gasteiger partial charge in [0.2, 0.25) is 15.8 Å². The lowest BCUT2D eigenvalue weighted by atomic mass is 10.1. The number of hydrogen-bond donors (Lipinski definition) is 1. The van der Waals surface area contributed by atoms with Crippen LogP contribution in [0.15, 0.2) is 39.8 Å². The van der Waals surface area contributed by atoms with Crippen LogP contribution in [0.2, 0.25) is 0 Å². The molecular weight excluding hydrogens is 439 g/mol. The summed E-state index contributed by atoms with van der Waals surface area (Å²) in [6.07, 6.45) is -4.71. The summed E-state index contributed by atoms with van der Waals surface area (Å²) in [7, 11) is -0.217. The van der Waals surface area contributed by atoms with Crippen LogP contribution in [0.4, 0.5) is 18.9 Å². The normalized spacial score (nSPS) is 12.4. The van der Waals surface area contributed by atoms with Crippen molar-refractivity contribution in [2.24, 2.45) is 0 Å². The first kappa shape index (κ1) is 22.3. The molecule has 0 saturated carbocycles. The number of anilines is 1. The van der Waals surface area contributed by atoms with Crippen LogP contribution in [-0.2, 0) is 22.7 Å². The Balaban J connectivity index is 1.92. The molecule has 0 aliphatic rings. The number of sulfonamides is 1. The summed E-state index contributed by atoms with van der Waals surface area (Å²) in [6.45, 7) is 3.27. The minimum absolute atomic E-state index is 0.0381. The van der Waals surface area contributed by atoms with E-state index in [1.165, 1.54) is 11.3 Å². The quantitative estimate of drug-likeness (QED) is 0.584. The van der Waals surface area contributed by atoms with Gasteiger partial charge in [0.05, 0.1) is 0 Å². The number of alkyl halides is 3. The van der Waals surface area contributed by atoms with Crippen molar-refractivity contribution in [2.75, 3.05) is 19.0 Å². The lowest BCUT2D eigenvalue weighted by Gasteiger charge is -2.13. The van der Waals surface area contributed by atoms with E-state index in [4.69, 9.17) is 0 Å². The highest BCUT2D eigenvalue weighted by atomic mass is 32.2. The van der Waals surface area contributed by atoms with Gasteiger partial charge in [-0.25, -0.2) is 13.1 Å². The number of nitrogens with zero attached hydrogens (tertiary/aromatic N) is 2. The molecule has 0 saturated heterocycles. The lowest BCUT2D eigenvalue weighted by Crippen LogP contribution is -2.24. The molecule has 2 heterocycles. The van der Waals surface area contributed by atoms with Crippen LogP contribution in [0.5, 0.6) is 0 Å². The zero-order valence-electron chi connectivity index (χ0n) is 16.7. The largest absolute Gasteiger partial charge is 0.452 e. The molecule has 0 fully saturated rings. The second-order valence-electron chi connectivity index (χ2n) is 6.88. The van der Waals surface area contributed by atoms with Gasteiger partial charge in [0.1, 0.15) is 10.6 Å². The molecule has 3 rings (SSSR count). The van der Waals surface area contributed by atoms with E-state index < -0.39 is 22.0 Å². The van der Waals surface area contributed by atoms with Crippen LogP contribution in [-0.4, -0.2) is 27.7 Å². The first-order valence-electron chi connectivity index (χ1n) is 8.80. The van der Waals surface area contributed by atoms with Gasteiger partial charge in [0.25, 0.3) is 0 Å². The molecule has 0 bridgehead atoms. The van der Waals surface area contributed by atoms with E-state index in [1.807, 2.05) is 31.1 Å². The smallest absolute Gasteiger partial charge is 0.378 e. The summed E-state index contributed by atoms with van der Waals surface area (Å²) in [5.41, 5.74) is 1.67. The van der Waals surface area contributed by atoms with Gasteiger partial charge in [-0.3, -0.25) is 0 Å². The predicted octanol–water partition coefficient (Wildman–Crippen LogP) is 4.58. The highest BCUT2D eigenvalue weighted by molar-refractivity contribution is 7.89. The van der Waals surface area contributed by atoms with Gasteiger partial charge < -0.3 is 9.42 Å². The molecule has 3 aromatic rings. The van der Waals surface area contributed by atoms with E-state index in [-0.39, 0.29) is 22.7 Å². The van der Waals surface area contributed by atoms with Crippen LogP contribution in [0.3, 0.4) is 0 Å². The Morgan fingerprint density at radius 2 is 1.77 bits per heavy atom. The highest BCUT2D eigenvalue weighted by Crippen LogP contribution is 2.40. The molecule has 1 aromatic carbocycles. The maximum absolute atomic E-state index is 13.0. The summed E-state index contributed by atoms with van der Waals surface area (Å²) < 4.78 is 71.6. The van der Waals surface area contributed by atoms with Crippen molar-refractivity contribution < 1.29 is 26.1 Å². The van der Waals surface area contributed by atoms with Crippen molar-refractivity contribution >= 4 is 27.0 Å². The standard InChI is InChI=1S/C19H20F3N3O3S2/c1-11-17(15-9-16(28-24-15)19(20,21)22)18(12(2)29-11)30(26,27)23-10-13-5-7-14(8-6-13)25(3)4/h5-9,23H,10H2,1-4H3. The summed E-state index contributed by atoms with van der Waals surface area (Å²) >= 11 is 1.17. The molecule has 2 aromatic heterocycles. The van der Waals surface area contributed by atoms with Gasteiger partial charge >= 0.3 is 6.18 Å². The third-order valence-corrected chi connectivity index (χ3v) is 7.16. The molecule has 0 spiro atoms. The summed E-state index contributed by atoms with van der Waals surface area (Å²) in [4.78, 5) is 2.82.